The first-order valence-corrected chi connectivity index (χ1v) is 35.8. The fourth-order valence-electron chi connectivity index (χ4n) is 7.81. The van der Waals surface area contributed by atoms with E-state index >= 15 is 0 Å². The average molecular weight is 869 g/mol. The highest BCUT2D eigenvalue weighted by atomic mass is 28.4. The van der Waals surface area contributed by atoms with Gasteiger partial charge < -0.3 is 18.6 Å². The second-order valence-electron chi connectivity index (χ2n) is 20.8. The van der Waals surface area contributed by atoms with E-state index in [2.05, 4.69) is 90.2 Å². The Hall–Kier alpha value is -0.259. The Morgan fingerprint density at radius 1 is 0.431 bits per heavy atom. The molecule has 3 atom stereocenters. The zero-order valence-corrected chi connectivity index (χ0v) is 44.4. The van der Waals surface area contributed by atoms with Gasteiger partial charge in [-0.1, -0.05) is 219 Å². The monoisotopic (exact) mass is 868 g/mol. The second kappa shape index (κ2) is 37.3. The summed E-state index contributed by atoms with van der Waals surface area (Å²) in [7, 11) is -5.89. The van der Waals surface area contributed by atoms with E-state index in [1.165, 1.54) is 186 Å². The van der Waals surface area contributed by atoms with Crippen molar-refractivity contribution in [1.82, 2.24) is 5.32 Å². The van der Waals surface area contributed by atoms with Gasteiger partial charge in [0.1, 0.15) is 18.4 Å². The summed E-state index contributed by atoms with van der Waals surface area (Å²) >= 11 is 0. The predicted molar refractivity (Wildman–Crippen MR) is 266 cm³/mol. The fourth-order valence-corrected chi connectivity index (χ4v) is 10.9. The van der Waals surface area contributed by atoms with E-state index in [1.54, 1.807) is 0 Å². The molecule has 0 aliphatic rings. The first kappa shape index (κ1) is 57.7. The van der Waals surface area contributed by atoms with Gasteiger partial charge in [0.2, 0.25) is 5.91 Å². The third-order valence-corrected chi connectivity index (χ3v) is 13.9. The summed E-state index contributed by atoms with van der Waals surface area (Å²) < 4.78 is 20.0. The lowest BCUT2D eigenvalue weighted by molar-refractivity contribution is -0.133. The Morgan fingerprint density at radius 3 is 1.07 bits per heavy atom. The van der Waals surface area contributed by atoms with Crippen LogP contribution in [0.2, 0.25) is 58.9 Å². The first-order chi connectivity index (χ1) is 27.6. The van der Waals surface area contributed by atoms with Gasteiger partial charge in [0.05, 0.1) is 0 Å². The second-order valence-corrected chi connectivity index (χ2v) is 34.2. The maximum atomic E-state index is 14.1. The molecule has 0 rings (SSSR count). The van der Waals surface area contributed by atoms with Crippen LogP contribution in [0, 0.1) is 0 Å². The number of carbonyl (C=O) groups is 1. The van der Waals surface area contributed by atoms with Crippen LogP contribution in [-0.2, 0) is 18.1 Å². The van der Waals surface area contributed by atoms with Gasteiger partial charge >= 0.3 is 0 Å². The maximum absolute atomic E-state index is 14.1. The molecule has 0 saturated heterocycles. The quantitative estimate of drug-likeness (QED) is 0.0287. The number of unbranched alkanes of at least 4 members (excludes halogenated alkanes) is 30. The van der Waals surface area contributed by atoms with E-state index in [1.807, 2.05) is 0 Å². The Kier molecular flexibility index (Phi) is 37.1. The molecule has 0 radical (unpaired) electrons. The van der Waals surface area contributed by atoms with Crippen LogP contribution in [0.4, 0.5) is 0 Å². The van der Waals surface area contributed by atoms with Crippen molar-refractivity contribution in [2.45, 2.75) is 303 Å². The van der Waals surface area contributed by atoms with Crippen molar-refractivity contribution in [2.75, 3.05) is 0 Å². The normalized spacial score (nSPS) is 14.3. The van der Waals surface area contributed by atoms with E-state index < -0.39 is 37.3 Å². The molecule has 0 aromatic heterocycles. The molecule has 8 heteroatoms. The lowest BCUT2D eigenvalue weighted by Crippen LogP contribution is -2.55. The summed E-state index contributed by atoms with van der Waals surface area (Å²) in [4.78, 5) is 14.1. The lowest BCUT2D eigenvalue weighted by atomic mass is 10.0. The van der Waals surface area contributed by atoms with Crippen LogP contribution in [0.5, 0.6) is 0 Å². The number of carbonyl (C=O) groups excluding carboxylic acids is 1. The van der Waals surface area contributed by atoms with Gasteiger partial charge in [0, 0.05) is 0 Å². The molecular formula is C50H105NO4Si3. The minimum absolute atomic E-state index is 0.0357. The first-order valence-electron chi connectivity index (χ1n) is 25.6. The van der Waals surface area contributed by atoms with E-state index in [4.69, 9.17) is 13.3 Å². The summed E-state index contributed by atoms with van der Waals surface area (Å²) in [6.07, 6.45) is 47.3. The largest absolute Gasteiger partial charge is 0.407 e. The van der Waals surface area contributed by atoms with Crippen molar-refractivity contribution in [1.29, 1.82) is 0 Å². The number of hydrogen-bond acceptors (Lipinski definition) is 4. The minimum atomic E-state index is -2.01. The molecule has 1 amide bonds. The number of rotatable bonds is 43. The number of amides is 1. The van der Waals surface area contributed by atoms with Gasteiger partial charge in [-0.15, -0.1) is 0 Å². The highest BCUT2D eigenvalue weighted by Gasteiger charge is 2.35. The van der Waals surface area contributed by atoms with E-state index in [9.17, 15) is 4.79 Å². The van der Waals surface area contributed by atoms with Gasteiger partial charge in [0.15, 0.2) is 25.0 Å². The Balaban J connectivity index is 4.76. The smallest absolute Gasteiger partial charge is 0.249 e. The predicted octanol–water partition coefficient (Wildman–Crippen LogP) is 17.2. The maximum Gasteiger partial charge on any atom is 0.249 e. The molecular weight excluding hydrogens is 763 g/mol. The van der Waals surface area contributed by atoms with E-state index in [0.717, 1.165) is 25.7 Å². The van der Waals surface area contributed by atoms with Gasteiger partial charge in [-0.05, 0) is 78.2 Å². The van der Waals surface area contributed by atoms with Crippen LogP contribution >= 0.6 is 0 Å². The van der Waals surface area contributed by atoms with Crippen molar-refractivity contribution in [3.63, 3.8) is 0 Å². The van der Waals surface area contributed by atoms with Gasteiger partial charge in [0.25, 0.3) is 0 Å². The lowest BCUT2D eigenvalue weighted by Gasteiger charge is -2.36. The van der Waals surface area contributed by atoms with E-state index in [0.29, 0.717) is 0 Å². The van der Waals surface area contributed by atoms with Crippen LogP contribution in [0.25, 0.3) is 0 Å². The molecule has 0 saturated carbocycles. The summed E-state index contributed by atoms with van der Waals surface area (Å²) in [5, 5.41) is 3.34. The SMILES string of the molecule is CCCCCCCCCCCCC/C=C/C(O[Si](C)(C)C)C(NC(=O)C(CCCCCCCCCCCCCCCCCCCCCC)O[Si](C)(C)C)O[Si](C)(C)C. The standard InChI is InChI=1S/C50H105NO4Si3/c1-12-14-16-18-20-22-24-26-27-28-29-30-31-32-34-35-37-39-41-43-45-47(53-56(3,4)5)49(52)51-50(55-58(9,10)11)48(54-57(6,7)8)46-44-42-40-38-36-33-25-23-21-19-17-15-13-2/h44,46-48,50H,12-43,45H2,1-11H3,(H,51,52)/b46-44+. The third kappa shape index (κ3) is 41.1. The molecule has 3 unspecified atom stereocenters. The number of nitrogens with one attached hydrogen (secondary N) is 1. The summed E-state index contributed by atoms with van der Waals surface area (Å²) in [6, 6.07) is 0. The van der Waals surface area contributed by atoms with Crippen molar-refractivity contribution in [3.05, 3.63) is 12.2 Å². The van der Waals surface area contributed by atoms with Crippen molar-refractivity contribution < 1.29 is 18.1 Å². The van der Waals surface area contributed by atoms with Crippen molar-refractivity contribution >= 4 is 30.9 Å². The highest BCUT2D eigenvalue weighted by Crippen LogP contribution is 2.21. The molecule has 0 bridgehead atoms. The molecule has 0 aromatic rings. The zero-order valence-electron chi connectivity index (χ0n) is 41.4. The summed E-state index contributed by atoms with van der Waals surface area (Å²) in [5.41, 5.74) is 0. The number of allylic oxidation sites excluding steroid dienone is 1. The molecule has 0 fully saturated rings. The zero-order chi connectivity index (χ0) is 43.4. The highest BCUT2D eigenvalue weighted by molar-refractivity contribution is 6.70. The van der Waals surface area contributed by atoms with E-state index in [-0.39, 0.29) is 12.0 Å². The van der Waals surface area contributed by atoms with Crippen LogP contribution in [0.1, 0.15) is 226 Å². The Morgan fingerprint density at radius 2 is 0.741 bits per heavy atom. The molecule has 58 heavy (non-hydrogen) atoms. The van der Waals surface area contributed by atoms with Crippen LogP contribution in [0.15, 0.2) is 12.2 Å². The number of hydrogen-bond donors (Lipinski definition) is 1. The van der Waals surface area contributed by atoms with Gasteiger partial charge in [-0.3, -0.25) is 4.79 Å². The Labute approximate surface area is 367 Å². The van der Waals surface area contributed by atoms with Crippen molar-refractivity contribution in [2.24, 2.45) is 0 Å². The van der Waals surface area contributed by atoms with Crippen LogP contribution in [-0.4, -0.2) is 49.3 Å². The third-order valence-electron chi connectivity index (χ3n) is 11.0. The topological polar surface area (TPSA) is 56.8 Å². The molecule has 0 heterocycles. The van der Waals surface area contributed by atoms with Crippen LogP contribution < -0.4 is 5.32 Å². The summed E-state index contributed by atoms with van der Waals surface area (Å²) in [6.45, 7) is 24.4. The Bertz CT molecular complexity index is 943. The molecule has 5 nitrogen and oxygen atoms in total. The molecule has 1 N–H and O–H groups in total. The van der Waals surface area contributed by atoms with Gasteiger partial charge in [-0.25, -0.2) is 0 Å². The van der Waals surface area contributed by atoms with Crippen molar-refractivity contribution in [3.8, 4) is 0 Å². The molecule has 346 valence electrons. The molecule has 0 aromatic carbocycles. The molecule has 0 aliphatic carbocycles. The average Bonchev–Trinajstić information content (AvgIpc) is 3.13. The van der Waals surface area contributed by atoms with Crippen LogP contribution in [0.3, 0.4) is 0 Å². The summed E-state index contributed by atoms with van der Waals surface area (Å²) in [5.74, 6) is -0.0357. The van der Waals surface area contributed by atoms with Gasteiger partial charge in [-0.2, -0.15) is 0 Å². The molecule has 0 spiro atoms. The minimum Gasteiger partial charge on any atom is -0.407 e. The molecule has 0 aliphatic heterocycles. The fraction of sp³-hybridized carbons (Fsp3) is 0.940.